The van der Waals surface area contributed by atoms with E-state index in [0.717, 1.165) is 30.4 Å². The minimum Gasteiger partial charge on any atom is -0.497 e. The lowest BCUT2D eigenvalue weighted by Crippen LogP contribution is -2.31. The van der Waals surface area contributed by atoms with Crippen LogP contribution in [0, 0.1) is 0 Å². The van der Waals surface area contributed by atoms with Gasteiger partial charge in [-0.1, -0.05) is 0 Å². The number of carbonyl (C=O) groups excluding carboxylic acids is 3. The molecule has 0 bridgehead atoms. The third kappa shape index (κ3) is 5.34. The number of methoxy groups -OCH3 is 2. The maximum atomic E-state index is 12.9. The van der Waals surface area contributed by atoms with Gasteiger partial charge in [-0.05, 0) is 73.4 Å². The minimum absolute atomic E-state index is 0.0635. The molecule has 4 rings (SSSR count). The number of rotatable bonds is 7. The number of thiophene rings is 1. The maximum Gasteiger partial charge on any atom is 0.413 e. The number of ether oxygens (including phenoxy) is 2. The van der Waals surface area contributed by atoms with E-state index in [2.05, 4.69) is 20.1 Å². The maximum absolute atomic E-state index is 12.9. The Morgan fingerprint density at radius 1 is 0.917 bits per heavy atom. The molecule has 3 N–H and O–H groups in total. The Morgan fingerprint density at radius 3 is 2.25 bits per heavy atom. The van der Waals surface area contributed by atoms with Gasteiger partial charge < -0.3 is 14.8 Å². The Bertz CT molecular complexity index is 1410. The van der Waals surface area contributed by atoms with Crippen molar-refractivity contribution >= 4 is 50.0 Å². The van der Waals surface area contributed by atoms with Gasteiger partial charge in [-0.3, -0.25) is 19.6 Å². The molecule has 3 aromatic rings. The summed E-state index contributed by atoms with van der Waals surface area (Å²) in [5, 5.41) is 5.24. The number of hydrogen-bond donors (Lipinski definition) is 3. The first-order valence-electron chi connectivity index (χ1n) is 10.8. The molecule has 10 nitrogen and oxygen atoms in total. The highest BCUT2D eigenvalue weighted by Gasteiger charge is 2.28. The number of amides is 3. The van der Waals surface area contributed by atoms with Crippen LogP contribution >= 0.6 is 11.3 Å². The van der Waals surface area contributed by atoms with E-state index in [1.807, 2.05) is 0 Å². The first-order chi connectivity index (χ1) is 17.2. The molecule has 1 aliphatic carbocycles. The number of imide groups is 1. The lowest BCUT2D eigenvalue weighted by molar-refractivity contribution is 0.0937. The fourth-order valence-electron chi connectivity index (χ4n) is 3.77. The molecule has 188 valence electrons. The second kappa shape index (κ2) is 10.4. The van der Waals surface area contributed by atoms with Crippen LogP contribution in [0.1, 0.15) is 37.6 Å². The number of anilines is 2. The van der Waals surface area contributed by atoms with Gasteiger partial charge in [-0.2, -0.15) is 0 Å². The number of nitrogens with one attached hydrogen (secondary N) is 3. The molecule has 3 amide bonds. The molecular weight excluding hydrogens is 506 g/mol. The normalized spacial score (nSPS) is 12.4. The predicted molar refractivity (Wildman–Crippen MR) is 134 cm³/mol. The zero-order valence-corrected chi connectivity index (χ0v) is 21.0. The van der Waals surface area contributed by atoms with Crippen LogP contribution in [-0.2, 0) is 27.6 Å². The summed E-state index contributed by atoms with van der Waals surface area (Å²) >= 11 is 1.30. The molecule has 0 radical (unpaired) electrons. The van der Waals surface area contributed by atoms with Crippen LogP contribution in [0.4, 0.5) is 15.5 Å². The van der Waals surface area contributed by atoms with Gasteiger partial charge in [0.05, 0.1) is 24.7 Å². The van der Waals surface area contributed by atoms with Crippen molar-refractivity contribution in [2.75, 3.05) is 24.3 Å². The number of hydrogen-bond acceptors (Lipinski definition) is 8. The summed E-state index contributed by atoms with van der Waals surface area (Å²) in [6.45, 7) is 0. The predicted octanol–water partition coefficient (Wildman–Crippen LogP) is 3.79. The topological polar surface area (TPSA) is 140 Å². The molecule has 0 aliphatic heterocycles. The molecule has 0 unspecified atom stereocenters. The zero-order valence-electron chi connectivity index (χ0n) is 19.4. The number of aryl methyl sites for hydroxylation is 1. The van der Waals surface area contributed by atoms with Gasteiger partial charge in [-0.15, -0.1) is 11.3 Å². The third-order valence-corrected chi connectivity index (χ3v) is 8.15. The van der Waals surface area contributed by atoms with Gasteiger partial charge in [0.25, 0.3) is 21.8 Å². The Labute approximate surface area is 211 Å². The number of benzene rings is 2. The molecule has 0 atom stereocenters. The molecule has 1 heterocycles. The summed E-state index contributed by atoms with van der Waals surface area (Å²) in [7, 11) is -1.19. The van der Waals surface area contributed by atoms with E-state index in [1.165, 1.54) is 54.8 Å². The van der Waals surface area contributed by atoms with Crippen LogP contribution < -0.4 is 20.1 Å². The van der Waals surface area contributed by atoms with Crippen LogP contribution in [-0.4, -0.2) is 40.5 Å². The number of fused-ring (bicyclic) bond motifs is 1. The van der Waals surface area contributed by atoms with Crippen molar-refractivity contribution in [3.63, 3.8) is 0 Å². The second-order valence-corrected chi connectivity index (χ2v) is 10.6. The van der Waals surface area contributed by atoms with Crippen molar-refractivity contribution in [2.45, 2.75) is 24.2 Å². The smallest absolute Gasteiger partial charge is 0.413 e. The average Bonchev–Trinajstić information content (AvgIpc) is 3.45. The summed E-state index contributed by atoms with van der Waals surface area (Å²) in [4.78, 5) is 38.2. The molecule has 0 saturated carbocycles. The standard InChI is InChI=1S/C24H23N3O7S2/c1-33-16-10-12-17(13-11-16)36(31,32)27-15-8-6-14(7-9-15)21(28)25-23-20(22(29)26-24(30)34-2)18-4-3-5-19(18)35-23/h6-13,27H,3-5H2,1-2H3,(H,25,28)(H,26,29,30). The Kier molecular flexibility index (Phi) is 7.27. The van der Waals surface area contributed by atoms with Gasteiger partial charge in [-0.25, -0.2) is 13.2 Å². The molecule has 0 saturated heterocycles. The Hall–Kier alpha value is -3.90. The first kappa shape index (κ1) is 25.2. The van der Waals surface area contributed by atoms with Gasteiger partial charge in [0.2, 0.25) is 0 Å². The highest BCUT2D eigenvalue weighted by Crippen LogP contribution is 2.39. The third-order valence-electron chi connectivity index (χ3n) is 5.55. The van der Waals surface area contributed by atoms with Gasteiger partial charge in [0.1, 0.15) is 10.8 Å². The fourth-order valence-corrected chi connectivity index (χ4v) is 6.11. The Morgan fingerprint density at radius 2 is 1.61 bits per heavy atom. The fraction of sp³-hybridized carbons (Fsp3) is 0.208. The summed E-state index contributed by atoms with van der Waals surface area (Å²) in [5.74, 6) is -0.586. The quantitative estimate of drug-likeness (QED) is 0.423. The highest BCUT2D eigenvalue weighted by atomic mass is 32.2. The van der Waals surface area contributed by atoms with E-state index in [0.29, 0.717) is 17.2 Å². The molecule has 1 aromatic heterocycles. The summed E-state index contributed by atoms with van der Waals surface area (Å²) in [6, 6.07) is 11.8. The van der Waals surface area contributed by atoms with Crippen LogP contribution in [0.25, 0.3) is 0 Å². The van der Waals surface area contributed by atoms with Crippen molar-refractivity contribution in [1.82, 2.24) is 5.32 Å². The van der Waals surface area contributed by atoms with E-state index >= 15 is 0 Å². The molecule has 12 heteroatoms. The van der Waals surface area contributed by atoms with E-state index in [4.69, 9.17) is 4.74 Å². The minimum atomic E-state index is -3.83. The van der Waals surface area contributed by atoms with Crippen molar-refractivity contribution < 1.29 is 32.3 Å². The molecule has 36 heavy (non-hydrogen) atoms. The molecule has 0 fully saturated rings. The lowest BCUT2D eigenvalue weighted by Gasteiger charge is -2.10. The molecule has 0 spiro atoms. The van der Waals surface area contributed by atoms with Crippen molar-refractivity contribution in [2.24, 2.45) is 0 Å². The number of alkyl carbamates (subject to hydrolysis) is 1. The van der Waals surface area contributed by atoms with E-state index in [1.54, 1.807) is 12.1 Å². The molecule has 2 aromatic carbocycles. The van der Waals surface area contributed by atoms with Gasteiger partial charge >= 0.3 is 6.09 Å². The van der Waals surface area contributed by atoms with Crippen LogP contribution in [0.5, 0.6) is 5.75 Å². The monoisotopic (exact) mass is 529 g/mol. The lowest BCUT2D eigenvalue weighted by atomic mass is 10.1. The molecule has 1 aliphatic rings. The van der Waals surface area contributed by atoms with Crippen LogP contribution in [0.2, 0.25) is 0 Å². The van der Waals surface area contributed by atoms with Crippen molar-refractivity contribution in [3.05, 3.63) is 70.1 Å². The number of sulfonamides is 1. The van der Waals surface area contributed by atoms with Gasteiger partial charge in [0, 0.05) is 16.1 Å². The van der Waals surface area contributed by atoms with Crippen molar-refractivity contribution in [1.29, 1.82) is 0 Å². The second-order valence-electron chi connectivity index (χ2n) is 7.82. The van der Waals surface area contributed by atoms with Crippen molar-refractivity contribution in [3.8, 4) is 5.75 Å². The Balaban J connectivity index is 1.49. The van der Waals surface area contributed by atoms with E-state index < -0.39 is 27.9 Å². The highest BCUT2D eigenvalue weighted by molar-refractivity contribution is 7.92. The van der Waals surface area contributed by atoms with Crippen LogP contribution in [0.15, 0.2) is 53.4 Å². The number of carbonyl (C=O) groups is 3. The van der Waals surface area contributed by atoms with Crippen LogP contribution in [0.3, 0.4) is 0 Å². The zero-order chi connectivity index (χ0) is 25.9. The SMILES string of the molecule is COC(=O)NC(=O)c1c(NC(=O)c2ccc(NS(=O)(=O)c3ccc(OC)cc3)cc2)sc2c1CCC2. The largest absolute Gasteiger partial charge is 0.497 e. The first-order valence-corrected chi connectivity index (χ1v) is 13.1. The molecular formula is C24H23N3O7S2. The summed E-state index contributed by atoms with van der Waals surface area (Å²) in [5.41, 5.74) is 1.61. The summed E-state index contributed by atoms with van der Waals surface area (Å²) < 4.78 is 37.3. The average molecular weight is 530 g/mol. The van der Waals surface area contributed by atoms with Gasteiger partial charge in [0.15, 0.2) is 0 Å². The van der Waals surface area contributed by atoms with E-state index in [-0.39, 0.29) is 21.7 Å². The summed E-state index contributed by atoms with van der Waals surface area (Å²) in [6.07, 6.45) is 1.47. The van der Waals surface area contributed by atoms with E-state index in [9.17, 15) is 22.8 Å².